The van der Waals surface area contributed by atoms with Crippen LogP contribution in [-0.2, 0) is 29.4 Å². The van der Waals surface area contributed by atoms with Gasteiger partial charge in [-0.15, -0.1) is 0 Å². The molecule has 0 radical (unpaired) electrons. The van der Waals surface area contributed by atoms with E-state index in [0.29, 0.717) is 11.4 Å². The molecule has 1 aromatic heterocycles. The number of ether oxygens (including phenoxy) is 1. The molecule has 0 amide bonds. The number of hydrogen-bond donors (Lipinski definition) is 0. The Hall–Kier alpha value is -0.870. The molecule has 2 rings (SSSR count). The van der Waals surface area contributed by atoms with Crippen LogP contribution < -0.4 is 0 Å². The fourth-order valence-corrected chi connectivity index (χ4v) is 3.41. The molecule has 0 bridgehead atoms. The van der Waals surface area contributed by atoms with Crippen LogP contribution in [0.4, 0.5) is 0 Å². The first-order chi connectivity index (χ1) is 9.54. The zero-order valence-corrected chi connectivity index (χ0v) is 13.3. The summed E-state index contributed by atoms with van der Waals surface area (Å²) in [5, 5.41) is 5.00. The van der Waals surface area contributed by atoms with E-state index in [9.17, 15) is 4.79 Å². The maximum atomic E-state index is 12.7. The molecule has 20 heavy (non-hydrogen) atoms. The van der Waals surface area contributed by atoms with Crippen LogP contribution in [0, 0.1) is 0 Å². The highest BCUT2D eigenvalue weighted by Gasteiger charge is 2.39. The molecule has 0 unspecified atom stereocenters. The number of rotatable bonds is 5. The number of Topliss-reactive ketones (excluding diaryl/α,β-unsaturated/α-hetero) is 1. The average Bonchev–Trinajstić information content (AvgIpc) is 2.75. The molecule has 0 spiro atoms. The molecule has 1 aliphatic rings. The molecule has 0 saturated heterocycles. The third kappa shape index (κ3) is 2.77. The summed E-state index contributed by atoms with van der Waals surface area (Å²) in [7, 11) is 3.49. The van der Waals surface area contributed by atoms with Gasteiger partial charge in [-0.25, -0.2) is 0 Å². The summed E-state index contributed by atoms with van der Waals surface area (Å²) >= 11 is 6.32. The Bertz CT molecular complexity index is 490. The van der Waals surface area contributed by atoms with Gasteiger partial charge in [0.05, 0.1) is 22.8 Å². The van der Waals surface area contributed by atoms with E-state index in [1.165, 1.54) is 6.42 Å². The Kier molecular flexibility index (Phi) is 4.86. The largest absolute Gasteiger partial charge is 0.370 e. The fourth-order valence-electron chi connectivity index (χ4n) is 3.04. The highest BCUT2D eigenvalue weighted by molar-refractivity contribution is 6.32. The average molecular weight is 299 g/mol. The number of hydrogen-bond acceptors (Lipinski definition) is 3. The first kappa shape index (κ1) is 15.5. The molecule has 1 heterocycles. The van der Waals surface area contributed by atoms with Crippen molar-refractivity contribution in [3.05, 3.63) is 16.4 Å². The van der Waals surface area contributed by atoms with Crippen molar-refractivity contribution in [2.75, 3.05) is 7.11 Å². The Morgan fingerprint density at radius 2 is 2.05 bits per heavy atom. The number of methoxy groups -OCH3 is 1. The highest BCUT2D eigenvalue weighted by Crippen LogP contribution is 2.33. The van der Waals surface area contributed by atoms with Crippen LogP contribution in [0.1, 0.15) is 50.4 Å². The molecule has 0 aromatic carbocycles. The quantitative estimate of drug-likeness (QED) is 0.839. The Morgan fingerprint density at radius 3 is 2.55 bits per heavy atom. The van der Waals surface area contributed by atoms with Gasteiger partial charge in [-0.1, -0.05) is 37.8 Å². The summed E-state index contributed by atoms with van der Waals surface area (Å²) in [5.41, 5.74) is 1.04. The van der Waals surface area contributed by atoms with Gasteiger partial charge in [0.2, 0.25) is 0 Å². The number of aryl methyl sites for hydroxylation is 2. The second-order valence-corrected chi connectivity index (χ2v) is 5.92. The molecule has 1 aliphatic carbocycles. The maximum Gasteiger partial charge on any atom is 0.170 e. The number of aromatic nitrogens is 2. The first-order valence-corrected chi connectivity index (χ1v) is 7.70. The van der Waals surface area contributed by atoms with Crippen molar-refractivity contribution < 1.29 is 9.53 Å². The van der Waals surface area contributed by atoms with Crippen LogP contribution in [0.25, 0.3) is 0 Å². The van der Waals surface area contributed by atoms with Gasteiger partial charge >= 0.3 is 0 Å². The second kappa shape index (κ2) is 6.27. The first-order valence-electron chi connectivity index (χ1n) is 7.32. The van der Waals surface area contributed by atoms with Crippen LogP contribution >= 0.6 is 11.6 Å². The van der Waals surface area contributed by atoms with Crippen LogP contribution in [-0.4, -0.2) is 28.3 Å². The van der Waals surface area contributed by atoms with Crippen LogP contribution in [0.5, 0.6) is 0 Å². The lowest BCUT2D eigenvalue weighted by atomic mass is 9.80. The third-order valence-corrected chi connectivity index (χ3v) is 4.83. The van der Waals surface area contributed by atoms with E-state index in [1.54, 1.807) is 11.8 Å². The molecule has 0 atom stereocenters. The lowest BCUT2D eigenvalue weighted by molar-refractivity contribution is -0.144. The molecule has 1 aromatic rings. The van der Waals surface area contributed by atoms with Crippen LogP contribution in [0.15, 0.2) is 0 Å². The van der Waals surface area contributed by atoms with Crippen molar-refractivity contribution in [2.24, 2.45) is 7.05 Å². The normalized spacial score (nSPS) is 18.2. The van der Waals surface area contributed by atoms with Crippen molar-refractivity contribution in [3.8, 4) is 0 Å². The molecule has 4 nitrogen and oxygen atoms in total. The van der Waals surface area contributed by atoms with E-state index < -0.39 is 5.60 Å². The molecule has 1 fully saturated rings. The predicted octanol–water partition coefficient (Wildman–Crippen LogP) is 3.10. The van der Waals surface area contributed by atoms with Crippen molar-refractivity contribution in [1.82, 2.24) is 9.78 Å². The van der Waals surface area contributed by atoms with Gasteiger partial charge in [-0.2, -0.15) is 5.10 Å². The van der Waals surface area contributed by atoms with Gasteiger partial charge in [0.15, 0.2) is 5.78 Å². The molecule has 5 heteroatoms. The summed E-state index contributed by atoms with van der Waals surface area (Å²) in [6.07, 6.45) is 6.01. The van der Waals surface area contributed by atoms with Crippen LogP contribution in [0.3, 0.4) is 0 Å². The summed E-state index contributed by atoms with van der Waals surface area (Å²) < 4.78 is 7.33. The van der Waals surface area contributed by atoms with Gasteiger partial charge in [-0.05, 0) is 19.3 Å². The highest BCUT2D eigenvalue weighted by atomic mass is 35.5. The number of nitrogens with zero attached hydrogens (tertiary/aromatic N) is 2. The van der Waals surface area contributed by atoms with Crippen molar-refractivity contribution in [1.29, 1.82) is 0 Å². The molecule has 0 N–H and O–H groups in total. The monoisotopic (exact) mass is 298 g/mol. The van der Waals surface area contributed by atoms with Gasteiger partial charge in [0, 0.05) is 14.2 Å². The predicted molar refractivity (Wildman–Crippen MR) is 79.1 cm³/mol. The minimum atomic E-state index is -0.613. The summed E-state index contributed by atoms with van der Waals surface area (Å²) in [4.78, 5) is 12.7. The van der Waals surface area contributed by atoms with E-state index >= 15 is 0 Å². The van der Waals surface area contributed by atoms with E-state index in [0.717, 1.165) is 43.5 Å². The molecule has 1 saturated carbocycles. The number of carbonyl (C=O) groups is 1. The van der Waals surface area contributed by atoms with E-state index in [-0.39, 0.29) is 5.78 Å². The SMILES string of the molecule is CCc1nn(C)c(CC(=O)C2(OC)CCCCC2)c1Cl. The van der Waals surface area contributed by atoms with Crippen molar-refractivity contribution >= 4 is 17.4 Å². The smallest absolute Gasteiger partial charge is 0.170 e. The zero-order chi connectivity index (χ0) is 14.8. The Balaban J connectivity index is 2.20. The topological polar surface area (TPSA) is 44.1 Å². The Labute approximate surface area is 125 Å². The lowest BCUT2D eigenvalue weighted by Gasteiger charge is -2.34. The number of ketones is 1. The van der Waals surface area contributed by atoms with Gasteiger partial charge in [0.1, 0.15) is 5.60 Å². The molecular weight excluding hydrogens is 276 g/mol. The summed E-state index contributed by atoms with van der Waals surface area (Å²) in [5.74, 6) is 0.132. The van der Waals surface area contributed by atoms with E-state index in [1.807, 2.05) is 14.0 Å². The van der Waals surface area contributed by atoms with Gasteiger partial charge in [-0.3, -0.25) is 9.48 Å². The van der Waals surface area contributed by atoms with Crippen molar-refractivity contribution in [2.45, 2.75) is 57.5 Å². The number of carbonyl (C=O) groups excluding carboxylic acids is 1. The fraction of sp³-hybridized carbons (Fsp3) is 0.733. The van der Waals surface area contributed by atoms with Gasteiger partial charge in [0.25, 0.3) is 0 Å². The summed E-state index contributed by atoms with van der Waals surface area (Å²) in [6, 6.07) is 0. The number of halogens is 1. The minimum absolute atomic E-state index is 0.132. The van der Waals surface area contributed by atoms with E-state index in [4.69, 9.17) is 16.3 Å². The standard InChI is InChI=1S/C15H23ClN2O2/c1-4-11-14(16)12(18(2)17-11)10-13(19)15(20-3)8-6-5-7-9-15/h4-10H2,1-3H3. The lowest BCUT2D eigenvalue weighted by Crippen LogP contribution is -2.43. The molecular formula is C15H23ClN2O2. The molecule has 0 aliphatic heterocycles. The Morgan fingerprint density at radius 1 is 1.40 bits per heavy atom. The third-order valence-electron chi connectivity index (χ3n) is 4.39. The maximum absolute atomic E-state index is 12.7. The zero-order valence-electron chi connectivity index (χ0n) is 12.5. The second-order valence-electron chi connectivity index (χ2n) is 5.54. The van der Waals surface area contributed by atoms with Gasteiger partial charge < -0.3 is 4.74 Å². The molecule has 112 valence electrons. The summed E-state index contributed by atoms with van der Waals surface area (Å²) in [6.45, 7) is 2.01. The van der Waals surface area contributed by atoms with Crippen molar-refractivity contribution in [3.63, 3.8) is 0 Å². The minimum Gasteiger partial charge on any atom is -0.370 e. The van der Waals surface area contributed by atoms with E-state index in [2.05, 4.69) is 5.10 Å². The van der Waals surface area contributed by atoms with Crippen LogP contribution in [0.2, 0.25) is 5.02 Å².